The molecular weight excluding hydrogens is 236 g/mol. The van der Waals surface area contributed by atoms with Gasteiger partial charge in [-0.1, -0.05) is 5.16 Å². The van der Waals surface area contributed by atoms with Crippen LogP contribution in [0.3, 0.4) is 0 Å². The molecule has 0 bridgehead atoms. The number of amides is 1. The van der Waals surface area contributed by atoms with Gasteiger partial charge in [0.15, 0.2) is 11.5 Å². The highest BCUT2D eigenvalue weighted by atomic mass is 16.6. The molecule has 96 valence electrons. The van der Waals surface area contributed by atoms with E-state index in [0.29, 0.717) is 17.2 Å². The maximum absolute atomic E-state index is 11.0. The van der Waals surface area contributed by atoms with Crippen LogP contribution in [0.4, 0.5) is 5.69 Å². The molecule has 0 radical (unpaired) electrons. The highest BCUT2D eigenvalue weighted by Gasteiger charge is 2.06. The molecule has 0 unspecified atom stereocenters. The zero-order valence-electron chi connectivity index (χ0n) is 10.4. The largest absolute Gasteiger partial charge is 0.494 e. The van der Waals surface area contributed by atoms with Crippen LogP contribution in [0.1, 0.15) is 13.8 Å². The van der Waals surface area contributed by atoms with Crippen molar-refractivity contribution in [3.05, 3.63) is 18.2 Å². The van der Waals surface area contributed by atoms with Gasteiger partial charge in [0.25, 0.3) is 0 Å². The van der Waals surface area contributed by atoms with E-state index >= 15 is 0 Å². The second-order valence-electron chi connectivity index (χ2n) is 3.48. The lowest BCUT2D eigenvalue weighted by Crippen LogP contribution is -2.07. The Labute approximate surface area is 105 Å². The van der Waals surface area contributed by atoms with Crippen molar-refractivity contribution in [1.82, 2.24) is 0 Å². The molecule has 18 heavy (non-hydrogen) atoms. The highest BCUT2D eigenvalue weighted by molar-refractivity contribution is 6.26. The highest BCUT2D eigenvalue weighted by Crippen LogP contribution is 2.29. The number of Topliss-reactive ketones (excluding diaryl/α,β-unsaturated/α-hetero) is 1. The number of methoxy groups -OCH3 is 1. The minimum Gasteiger partial charge on any atom is -0.494 e. The maximum Gasteiger partial charge on any atom is 0.221 e. The quantitative estimate of drug-likeness (QED) is 0.636. The van der Waals surface area contributed by atoms with Crippen molar-refractivity contribution in [2.45, 2.75) is 13.8 Å². The smallest absolute Gasteiger partial charge is 0.221 e. The third-order valence-corrected chi connectivity index (χ3v) is 1.88. The molecule has 1 rings (SSSR count). The SMILES string of the molecule is COc1cc(O/N=C/C(C)=O)ccc1NC(C)=O. The van der Waals surface area contributed by atoms with Gasteiger partial charge in [0.1, 0.15) is 12.0 Å². The van der Waals surface area contributed by atoms with Gasteiger partial charge >= 0.3 is 0 Å². The Balaban J connectivity index is 2.84. The molecule has 1 amide bonds. The number of ether oxygens (including phenoxy) is 1. The van der Waals surface area contributed by atoms with Gasteiger partial charge in [-0.15, -0.1) is 0 Å². The van der Waals surface area contributed by atoms with Crippen molar-refractivity contribution < 1.29 is 19.2 Å². The van der Waals surface area contributed by atoms with E-state index in [0.717, 1.165) is 6.21 Å². The molecule has 0 saturated heterocycles. The Morgan fingerprint density at radius 3 is 2.61 bits per heavy atom. The first kappa shape index (κ1) is 13.7. The summed E-state index contributed by atoms with van der Waals surface area (Å²) in [6, 6.07) is 4.78. The number of hydrogen-bond donors (Lipinski definition) is 1. The first-order valence-electron chi connectivity index (χ1n) is 5.19. The maximum atomic E-state index is 11.0. The second kappa shape index (κ2) is 6.39. The lowest BCUT2D eigenvalue weighted by atomic mass is 10.2. The van der Waals surface area contributed by atoms with Gasteiger partial charge in [-0.05, 0) is 12.1 Å². The van der Waals surface area contributed by atoms with Crippen molar-refractivity contribution in [2.24, 2.45) is 5.16 Å². The molecule has 0 aliphatic heterocycles. The van der Waals surface area contributed by atoms with Gasteiger partial charge in [0.2, 0.25) is 5.91 Å². The van der Waals surface area contributed by atoms with Crippen molar-refractivity contribution in [3.8, 4) is 11.5 Å². The standard InChI is InChI=1S/C12H14N2O4/c1-8(15)7-13-18-10-4-5-11(14-9(2)16)12(6-10)17-3/h4-7H,1-3H3,(H,14,16)/b13-7+. The number of carbonyl (C=O) groups is 2. The Morgan fingerprint density at radius 1 is 1.33 bits per heavy atom. The van der Waals surface area contributed by atoms with Gasteiger partial charge in [-0.25, -0.2) is 0 Å². The summed E-state index contributed by atoms with van der Waals surface area (Å²) in [6.45, 7) is 2.77. The second-order valence-corrected chi connectivity index (χ2v) is 3.48. The fourth-order valence-corrected chi connectivity index (χ4v) is 1.18. The summed E-state index contributed by atoms with van der Waals surface area (Å²) < 4.78 is 5.10. The predicted molar refractivity (Wildman–Crippen MR) is 67.1 cm³/mol. The first-order valence-corrected chi connectivity index (χ1v) is 5.19. The number of rotatable bonds is 5. The Kier molecular flexibility index (Phi) is 4.86. The number of nitrogens with one attached hydrogen (secondary N) is 1. The third-order valence-electron chi connectivity index (χ3n) is 1.88. The number of benzene rings is 1. The van der Waals surface area contributed by atoms with E-state index in [1.54, 1.807) is 18.2 Å². The normalized spacial score (nSPS) is 10.2. The molecule has 6 heteroatoms. The number of nitrogens with zero attached hydrogens (tertiary/aromatic N) is 1. The molecule has 0 fully saturated rings. The number of oxime groups is 1. The van der Waals surface area contributed by atoms with Crippen molar-refractivity contribution >= 4 is 23.6 Å². The van der Waals surface area contributed by atoms with Gasteiger partial charge < -0.3 is 14.9 Å². The summed E-state index contributed by atoms with van der Waals surface area (Å²) in [6.07, 6.45) is 1.06. The van der Waals surface area contributed by atoms with Crippen LogP contribution < -0.4 is 14.9 Å². The zero-order chi connectivity index (χ0) is 13.5. The van der Waals surface area contributed by atoms with E-state index in [1.165, 1.54) is 21.0 Å². The Hall–Kier alpha value is -2.37. The van der Waals surface area contributed by atoms with Crippen LogP contribution in [0.2, 0.25) is 0 Å². The van der Waals surface area contributed by atoms with Crippen LogP contribution in [0, 0.1) is 0 Å². The third kappa shape index (κ3) is 4.25. The van der Waals surface area contributed by atoms with Gasteiger partial charge in [-0.3, -0.25) is 9.59 Å². The molecule has 6 nitrogen and oxygen atoms in total. The summed E-state index contributed by atoms with van der Waals surface area (Å²) in [7, 11) is 1.48. The van der Waals surface area contributed by atoms with Gasteiger partial charge in [0, 0.05) is 19.9 Å². The first-order chi connectivity index (χ1) is 8.52. The Morgan fingerprint density at radius 2 is 2.06 bits per heavy atom. The van der Waals surface area contributed by atoms with E-state index in [2.05, 4.69) is 10.5 Å². The zero-order valence-corrected chi connectivity index (χ0v) is 10.4. The molecule has 1 aromatic carbocycles. The van der Waals surface area contributed by atoms with E-state index in [4.69, 9.17) is 9.57 Å². The molecule has 1 N–H and O–H groups in total. The lowest BCUT2D eigenvalue weighted by Gasteiger charge is -2.09. The summed E-state index contributed by atoms with van der Waals surface area (Å²) in [5.41, 5.74) is 0.535. The van der Waals surface area contributed by atoms with Gasteiger partial charge in [0.05, 0.1) is 12.8 Å². The van der Waals surface area contributed by atoms with Crippen LogP contribution in [-0.2, 0) is 9.59 Å². The van der Waals surface area contributed by atoms with Crippen LogP contribution in [0.5, 0.6) is 11.5 Å². The predicted octanol–water partition coefficient (Wildman–Crippen LogP) is 1.61. The molecule has 0 aromatic heterocycles. The van der Waals surface area contributed by atoms with Crippen molar-refractivity contribution in [1.29, 1.82) is 0 Å². The monoisotopic (exact) mass is 250 g/mol. The van der Waals surface area contributed by atoms with E-state index < -0.39 is 0 Å². The average molecular weight is 250 g/mol. The van der Waals surface area contributed by atoms with E-state index in [-0.39, 0.29) is 11.7 Å². The number of carbonyl (C=O) groups excluding carboxylic acids is 2. The minimum absolute atomic E-state index is 0.198. The summed E-state index contributed by atoms with van der Waals surface area (Å²) in [5, 5.41) is 6.10. The van der Waals surface area contributed by atoms with Gasteiger partial charge in [-0.2, -0.15) is 0 Å². The Bertz CT molecular complexity index is 483. The van der Waals surface area contributed by atoms with Crippen molar-refractivity contribution in [3.63, 3.8) is 0 Å². The van der Waals surface area contributed by atoms with Crippen LogP contribution in [0.15, 0.2) is 23.4 Å². The summed E-state index contributed by atoms with van der Waals surface area (Å²) in [4.78, 5) is 26.6. The molecule has 0 aliphatic rings. The van der Waals surface area contributed by atoms with Crippen LogP contribution in [-0.4, -0.2) is 25.0 Å². The molecule has 0 aliphatic carbocycles. The number of hydrogen-bond acceptors (Lipinski definition) is 5. The molecule has 1 aromatic rings. The lowest BCUT2D eigenvalue weighted by molar-refractivity contribution is -0.114. The number of ketones is 1. The van der Waals surface area contributed by atoms with E-state index in [9.17, 15) is 9.59 Å². The molecule has 0 heterocycles. The minimum atomic E-state index is -0.211. The van der Waals surface area contributed by atoms with E-state index in [1.807, 2.05) is 0 Å². The average Bonchev–Trinajstić information content (AvgIpc) is 2.29. The molecular formula is C12H14N2O4. The van der Waals surface area contributed by atoms with Crippen LogP contribution >= 0.6 is 0 Å². The van der Waals surface area contributed by atoms with Crippen molar-refractivity contribution in [2.75, 3.05) is 12.4 Å². The number of anilines is 1. The molecule has 0 atom stereocenters. The summed E-state index contributed by atoms with van der Waals surface area (Å²) >= 11 is 0. The van der Waals surface area contributed by atoms with Crippen LogP contribution in [0.25, 0.3) is 0 Å². The molecule has 0 spiro atoms. The fourth-order valence-electron chi connectivity index (χ4n) is 1.18. The molecule has 0 saturated carbocycles. The topological polar surface area (TPSA) is 77.0 Å². The summed E-state index contributed by atoms with van der Waals surface area (Å²) in [5.74, 6) is 0.438. The fraction of sp³-hybridized carbons (Fsp3) is 0.250.